The Morgan fingerprint density at radius 2 is 1.79 bits per heavy atom. The number of carbonyl (C=O) groups is 2. The van der Waals surface area contributed by atoms with Crippen molar-refractivity contribution in [2.75, 3.05) is 11.1 Å². The average molecular weight is 413 g/mol. The number of hydrogen-bond donors (Lipinski definition) is 2. The molecule has 0 spiro atoms. The van der Waals surface area contributed by atoms with E-state index >= 15 is 0 Å². The van der Waals surface area contributed by atoms with Gasteiger partial charge in [-0.05, 0) is 31.5 Å². The first kappa shape index (κ1) is 20.0. The molecule has 0 bridgehead atoms. The van der Waals surface area contributed by atoms with Gasteiger partial charge in [0.1, 0.15) is 0 Å². The SMILES string of the molecule is Cc1ccc(NC(=O)c2nnc(SCC(=O)N[C@H](C)c3ccccc3)s2)cc1. The van der Waals surface area contributed by atoms with Gasteiger partial charge in [-0.2, -0.15) is 0 Å². The highest BCUT2D eigenvalue weighted by Gasteiger charge is 2.15. The summed E-state index contributed by atoms with van der Waals surface area (Å²) in [5, 5.41) is 13.9. The van der Waals surface area contributed by atoms with E-state index < -0.39 is 0 Å². The van der Waals surface area contributed by atoms with Crippen molar-refractivity contribution in [3.63, 3.8) is 0 Å². The summed E-state index contributed by atoms with van der Waals surface area (Å²) in [5.41, 5.74) is 2.87. The van der Waals surface area contributed by atoms with Crippen molar-refractivity contribution < 1.29 is 9.59 Å². The number of aryl methyl sites for hydroxylation is 1. The molecule has 2 aromatic carbocycles. The summed E-state index contributed by atoms with van der Waals surface area (Å²) < 4.78 is 0.580. The Bertz CT molecular complexity index is 942. The zero-order chi connectivity index (χ0) is 19.9. The fourth-order valence-electron chi connectivity index (χ4n) is 2.42. The van der Waals surface area contributed by atoms with Crippen LogP contribution in [0.2, 0.25) is 0 Å². The summed E-state index contributed by atoms with van der Waals surface area (Å²) >= 11 is 2.43. The molecule has 28 heavy (non-hydrogen) atoms. The van der Waals surface area contributed by atoms with Crippen molar-refractivity contribution in [3.8, 4) is 0 Å². The molecule has 0 saturated carbocycles. The normalized spacial score (nSPS) is 11.6. The highest BCUT2D eigenvalue weighted by molar-refractivity contribution is 8.01. The maximum absolute atomic E-state index is 12.3. The van der Waals surface area contributed by atoms with Gasteiger partial charge in [0.2, 0.25) is 10.9 Å². The van der Waals surface area contributed by atoms with E-state index in [1.165, 1.54) is 23.1 Å². The van der Waals surface area contributed by atoms with Crippen molar-refractivity contribution in [2.24, 2.45) is 0 Å². The predicted molar refractivity (Wildman–Crippen MR) is 113 cm³/mol. The van der Waals surface area contributed by atoms with Gasteiger partial charge in [-0.25, -0.2) is 0 Å². The third-order valence-electron chi connectivity index (χ3n) is 3.91. The van der Waals surface area contributed by atoms with Crippen molar-refractivity contribution in [2.45, 2.75) is 24.2 Å². The minimum atomic E-state index is -0.310. The molecule has 3 aromatic rings. The van der Waals surface area contributed by atoms with Gasteiger partial charge < -0.3 is 10.6 Å². The van der Waals surface area contributed by atoms with Gasteiger partial charge in [0.15, 0.2) is 4.34 Å². The lowest BCUT2D eigenvalue weighted by Crippen LogP contribution is -2.28. The van der Waals surface area contributed by atoms with E-state index in [2.05, 4.69) is 20.8 Å². The van der Waals surface area contributed by atoms with Gasteiger partial charge in [0.25, 0.3) is 5.91 Å². The number of carbonyl (C=O) groups excluding carboxylic acids is 2. The first-order chi connectivity index (χ1) is 13.5. The number of benzene rings is 2. The number of nitrogens with zero attached hydrogens (tertiary/aromatic N) is 2. The zero-order valence-electron chi connectivity index (χ0n) is 15.5. The minimum absolute atomic E-state index is 0.0698. The Kier molecular flexibility index (Phi) is 6.78. The molecule has 0 aliphatic rings. The molecule has 0 aliphatic carbocycles. The van der Waals surface area contributed by atoms with E-state index in [0.717, 1.165) is 11.1 Å². The van der Waals surface area contributed by atoms with Gasteiger partial charge in [-0.15, -0.1) is 10.2 Å². The Balaban J connectivity index is 1.49. The smallest absolute Gasteiger partial charge is 0.286 e. The van der Waals surface area contributed by atoms with Crippen LogP contribution in [-0.4, -0.2) is 27.8 Å². The van der Waals surface area contributed by atoms with Crippen LogP contribution in [0, 0.1) is 6.92 Å². The number of aromatic nitrogens is 2. The molecule has 3 rings (SSSR count). The van der Waals surface area contributed by atoms with Crippen LogP contribution in [-0.2, 0) is 4.79 Å². The summed E-state index contributed by atoms with van der Waals surface area (Å²) in [6.07, 6.45) is 0. The third-order valence-corrected chi connectivity index (χ3v) is 5.97. The van der Waals surface area contributed by atoms with E-state index in [9.17, 15) is 9.59 Å². The fraction of sp³-hybridized carbons (Fsp3) is 0.200. The summed E-state index contributed by atoms with van der Waals surface area (Å²) in [6.45, 7) is 3.92. The lowest BCUT2D eigenvalue weighted by molar-refractivity contribution is -0.119. The fourth-order valence-corrected chi connectivity index (χ4v) is 3.97. The van der Waals surface area contributed by atoms with Crippen molar-refractivity contribution >= 4 is 40.6 Å². The molecule has 1 atom stereocenters. The number of rotatable bonds is 7. The van der Waals surface area contributed by atoms with Gasteiger partial charge in [-0.3, -0.25) is 9.59 Å². The Hall–Kier alpha value is -2.71. The van der Waals surface area contributed by atoms with Crippen LogP contribution in [0.4, 0.5) is 5.69 Å². The van der Waals surface area contributed by atoms with Crippen LogP contribution in [0.3, 0.4) is 0 Å². The number of anilines is 1. The summed E-state index contributed by atoms with van der Waals surface area (Å²) in [7, 11) is 0. The van der Waals surface area contributed by atoms with E-state index in [1.807, 2.05) is 68.4 Å². The topological polar surface area (TPSA) is 84.0 Å². The second kappa shape index (κ2) is 9.48. The molecule has 0 aliphatic heterocycles. The van der Waals surface area contributed by atoms with Crippen LogP contribution in [0.1, 0.15) is 33.9 Å². The molecule has 8 heteroatoms. The highest BCUT2D eigenvalue weighted by Crippen LogP contribution is 2.23. The van der Waals surface area contributed by atoms with Crippen LogP contribution in [0.5, 0.6) is 0 Å². The van der Waals surface area contributed by atoms with Crippen LogP contribution in [0.15, 0.2) is 58.9 Å². The maximum atomic E-state index is 12.3. The largest absolute Gasteiger partial charge is 0.349 e. The summed E-state index contributed by atoms with van der Waals surface area (Å²) in [4.78, 5) is 24.4. The van der Waals surface area contributed by atoms with Gasteiger partial charge in [-0.1, -0.05) is 71.1 Å². The van der Waals surface area contributed by atoms with E-state index in [1.54, 1.807) is 0 Å². The first-order valence-electron chi connectivity index (χ1n) is 8.70. The minimum Gasteiger partial charge on any atom is -0.349 e. The number of thioether (sulfide) groups is 1. The number of amides is 2. The number of nitrogens with one attached hydrogen (secondary N) is 2. The van der Waals surface area contributed by atoms with Crippen LogP contribution < -0.4 is 10.6 Å². The molecular formula is C20H20N4O2S2. The van der Waals surface area contributed by atoms with Gasteiger partial charge in [0.05, 0.1) is 11.8 Å². The Morgan fingerprint density at radius 3 is 2.50 bits per heavy atom. The summed E-state index contributed by atoms with van der Waals surface area (Å²) in [6, 6.07) is 17.2. The van der Waals surface area contributed by atoms with Crippen LogP contribution in [0.25, 0.3) is 0 Å². The molecular weight excluding hydrogens is 392 g/mol. The molecule has 1 aromatic heterocycles. The lowest BCUT2D eigenvalue weighted by atomic mass is 10.1. The van der Waals surface area contributed by atoms with Crippen molar-refractivity contribution in [1.82, 2.24) is 15.5 Å². The molecule has 0 saturated heterocycles. The predicted octanol–water partition coefficient (Wildman–Crippen LogP) is 4.07. The van der Waals surface area contributed by atoms with Crippen molar-refractivity contribution in [1.29, 1.82) is 0 Å². The molecule has 6 nitrogen and oxygen atoms in total. The lowest BCUT2D eigenvalue weighted by Gasteiger charge is -2.13. The summed E-state index contributed by atoms with van der Waals surface area (Å²) in [5.74, 6) is -0.191. The monoisotopic (exact) mass is 412 g/mol. The molecule has 0 fully saturated rings. The van der Waals surface area contributed by atoms with Crippen LogP contribution >= 0.6 is 23.1 Å². The zero-order valence-corrected chi connectivity index (χ0v) is 17.1. The second-order valence-electron chi connectivity index (χ2n) is 6.18. The average Bonchev–Trinajstić information content (AvgIpc) is 3.18. The van der Waals surface area contributed by atoms with E-state index in [-0.39, 0.29) is 28.6 Å². The maximum Gasteiger partial charge on any atom is 0.286 e. The van der Waals surface area contributed by atoms with Gasteiger partial charge >= 0.3 is 0 Å². The Morgan fingerprint density at radius 1 is 1.07 bits per heavy atom. The molecule has 144 valence electrons. The quantitative estimate of drug-likeness (QED) is 0.572. The molecule has 1 heterocycles. The molecule has 0 radical (unpaired) electrons. The molecule has 2 N–H and O–H groups in total. The molecule has 2 amide bonds. The second-order valence-corrected chi connectivity index (χ2v) is 8.38. The Labute approximate surface area is 171 Å². The van der Waals surface area contributed by atoms with Gasteiger partial charge in [0, 0.05) is 5.69 Å². The van der Waals surface area contributed by atoms with E-state index in [0.29, 0.717) is 10.0 Å². The van der Waals surface area contributed by atoms with E-state index in [4.69, 9.17) is 0 Å². The number of hydrogen-bond acceptors (Lipinski definition) is 6. The highest BCUT2D eigenvalue weighted by atomic mass is 32.2. The molecule has 0 unspecified atom stereocenters. The first-order valence-corrected chi connectivity index (χ1v) is 10.5. The van der Waals surface area contributed by atoms with Crippen molar-refractivity contribution in [3.05, 3.63) is 70.7 Å². The third kappa shape index (κ3) is 5.64. The standard InChI is InChI=1S/C20H20N4O2S2/c1-13-8-10-16(11-9-13)22-18(26)19-23-24-20(28-19)27-12-17(25)21-14(2)15-6-4-3-5-7-15/h3-11,14H,12H2,1-2H3,(H,21,25)(H,22,26)/t14-/m1/s1.